The van der Waals surface area contributed by atoms with E-state index in [1.807, 2.05) is 22.9 Å². The van der Waals surface area contributed by atoms with Crippen LogP contribution in [0.25, 0.3) is 11.1 Å². The summed E-state index contributed by atoms with van der Waals surface area (Å²) in [4.78, 5) is 6.53. The third-order valence-electron chi connectivity index (χ3n) is 5.33. The van der Waals surface area contributed by atoms with Gasteiger partial charge in [-0.2, -0.15) is 0 Å². The minimum absolute atomic E-state index is 0.413. The molecular weight excluding hydrogens is 350 g/mol. The van der Waals surface area contributed by atoms with Crippen LogP contribution in [0.4, 0.5) is 0 Å². The van der Waals surface area contributed by atoms with Gasteiger partial charge in [-0.15, -0.1) is 0 Å². The Kier molecular flexibility index (Phi) is 6.04. The van der Waals surface area contributed by atoms with Gasteiger partial charge in [0.25, 0.3) is 0 Å². The molecule has 1 atom stereocenters. The fourth-order valence-corrected chi connectivity index (χ4v) is 3.58. The summed E-state index contributed by atoms with van der Waals surface area (Å²) in [5.74, 6) is 0.892. The number of nitrogens with zero attached hydrogens (tertiary/aromatic N) is 3. The topological polar surface area (TPSA) is 39.5 Å². The molecule has 2 aromatic carbocycles. The Balaban J connectivity index is 1.39. The lowest BCUT2D eigenvalue weighted by atomic mass is 10.0. The molecule has 0 spiro atoms. The van der Waals surface area contributed by atoms with Crippen molar-refractivity contribution in [2.45, 2.75) is 19.5 Å². The molecule has 0 bridgehead atoms. The largest absolute Gasteiger partial charge is 0.492 e. The first-order chi connectivity index (χ1) is 13.8. The molecule has 1 fully saturated rings. The van der Waals surface area contributed by atoms with Crippen molar-refractivity contribution >= 4 is 0 Å². The van der Waals surface area contributed by atoms with Gasteiger partial charge in [-0.05, 0) is 35.7 Å². The van der Waals surface area contributed by atoms with Gasteiger partial charge < -0.3 is 14.0 Å². The zero-order chi connectivity index (χ0) is 19.2. The number of aromatic nitrogens is 2. The maximum Gasteiger partial charge on any atom is 0.120 e. The summed E-state index contributed by atoms with van der Waals surface area (Å²) < 4.78 is 13.4. The van der Waals surface area contributed by atoms with Crippen LogP contribution in [0.5, 0.6) is 5.75 Å². The van der Waals surface area contributed by atoms with E-state index in [-0.39, 0.29) is 0 Å². The van der Waals surface area contributed by atoms with Gasteiger partial charge in [-0.25, -0.2) is 4.98 Å². The molecule has 146 valence electrons. The number of benzene rings is 2. The number of morpholine rings is 1. The highest BCUT2D eigenvalue weighted by Crippen LogP contribution is 2.27. The highest BCUT2D eigenvalue weighted by molar-refractivity contribution is 5.65. The molecule has 0 aliphatic carbocycles. The van der Waals surface area contributed by atoms with Crippen LogP contribution < -0.4 is 4.74 Å². The molecular formula is C23H27N3O2. The third-order valence-corrected chi connectivity index (χ3v) is 5.33. The molecule has 0 radical (unpaired) electrons. The second-order valence-electron chi connectivity index (χ2n) is 7.12. The summed E-state index contributed by atoms with van der Waals surface area (Å²) in [6, 6.07) is 17.6. The molecule has 0 amide bonds. The van der Waals surface area contributed by atoms with Crippen molar-refractivity contribution in [3.63, 3.8) is 0 Å². The van der Waals surface area contributed by atoms with Crippen molar-refractivity contribution in [3.05, 3.63) is 72.8 Å². The van der Waals surface area contributed by atoms with Crippen LogP contribution in [0.2, 0.25) is 0 Å². The summed E-state index contributed by atoms with van der Waals surface area (Å²) in [5.41, 5.74) is 3.72. The van der Waals surface area contributed by atoms with Gasteiger partial charge in [-0.1, -0.05) is 36.4 Å². The maximum absolute atomic E-state index is 5.92. The van der Waals surface area contributed by atoms with Crippen molar-refractivity contribution in [2.75, 3.05) is 32.9 Å². The van der Waals surface area contributed by atoms with Crippen LogP contribution >= 0.6 is 0 Å². The Morgan fingerprint density at radius 1 is 1.07 bits per heavy atom. The van der Waals surface area contributed by atoms with Crippen LogP contribution in [0.15, 0.2) is 67.3 Å². The second-order valence-corrected chi connectivity index (χ2v) is 7.12. The van der Waals surface area contributed by atoms with Gasteiger partial charge in [0, 0.05) is 31.5 Å². The molecule has 3 aromatic rings. The molecule has 4 rings (SSSR count). The molecule has 5 heteroatoms. The summed E-state index contributed by atoms with van der Waals surface area (Å²) in [7, 11) is 0. The lowest BCUT2D eigenvalue weighted by Crippen LogP contribution is -2.37. The van der Waals surface area contributed by atoms with Crippen LogP contribution in [-0.2, 0) is 11.3 Å². The highest BCUT2D eigenvalue weighted by atomic mass is 16.5. The summed E-state index contributed by atoms with van der Waals surface area (Å²) in [5, 5.41) is 0. The van der Waals surface area contributed by atoms with Gasteiger partial charge in [-0.3, -0.25) is 4.90 Å². The summed E-state index contributed by atoms with van der Waals surface area (Å²) in [6.07, 6.45) is 5.53. The SMILES string of the molecule is CC(c1ccc(-c2cccc(OCCn3ccnc3)c2)cc1)N1CCOCC1. The first kappa shape index (κ1) is 18.7. The van der Waals surface area contributed by atoms with E-state index < -0.39 is 0 Å². The second kappa shape index (κ2) is 9.04. The van der Waals surface area contributed by atoms with Crippen molar-refractivity contribution in [2.24, 2.45) is 0 Å². The predicted octanol–water partition coefficient (Wildman–Crippen LogP) is 4.02. The Hall–Kier alpha value is -2.63. The molecule has 1 aliphatic rings. The monoisotopic (exact) mass is 377 g/mol. The minimum Gasteiger partial charge on any atom is -0.492 e. The minimum atomic E-state index is 0.413. The van der Waals surface area contributed by atoms with E-state index in [2.05, 4.69) is 53.2 Å². The van der Waals surface area contributed by atoms with E-state index in [1.54, 1.807) is 12.5 Å². The lowest BCUT2D eigenvalue weighted by molar-refractivity contribution is 0.0198. The van der Waals surface area contributed by atoms with Crippen LogP contribution in [-0.4, -0.2) is 47.4 Å². The van der Waals surface area contributed by atoms with Crippen LogP contribution in [0, 0.1) is 0 Å². The van der Waals surface area contributed by atoms with E-state index in [4.69, 9.17) is 9.47 Å². The smallest absolute Gasteiger partial charge is 0.120 e. The zero-order valence-corrected chi connectivity index (χ0v) is 16.3. The standard InChI is InChI=1S/C23H27N3O2/c1-19(26-12-14-27-15-13-26)20-5-7-21(8-6-20)22-3-2-4-23(17-22)28-16-11-25-10-9-24-18-25/h2-10,17-19H,11-16H2,1H3. The summed E-state index contributed by atoms with van der Waals surface area (Å²) >= 11 is 0. The Morgan fingerprint density at radius 3 is 2.64 bits per heavy atom. The number of hydrogen-bond donors (Lipinski definition) is 0. The fraction of sp³-hybridized carbons (Fsp3) is 0.348. The Morgan fingerprint density at radius 2 is 1.89 bits per heavy atom. The normalized spacial score (nSPS) is 16.0. The average molecular weight is 377 g/mol. The van der Waals surface area contributed by atoms with E-state index in [9.17, 15) is 0 Å². The molecule has 1 saturated heterocycles. The molecule has 2 heterocycles. The number of ether oxygens (including phenoxy) is 2. The lowest BCUT2D eigenvalue weighted by Gasteiger charge is -2.32. The van der Waals surface area contributed by atoms with E-state index in [0.717, 1.165) is 38.6 Å². The average Bonchev–Trinajstić information content (AvgIpc) is 3.28. The Bertz CT molecular complexity index is 856. The van der Waals surface area contributed by atoms with E-state index in [0.29, 0.717) is 12.6 Å². The van der Waals surface area contributed by atoms with Gasteiger partial charge in [0.05, 0.1) is 26.1 Å². The van der Waals surface area contributed by atoms with E-state index in [1.165, 1.54) is 16.7 Å². The maximum atomic E-state index is 5.92. The number of imidazole rings is 1. The van der Waals surface area contributed by atoms with Gasteiger partial charge >= 0.3 is 0 Å². The van der Waals surface area contributed by atoms with E-state index >= 15 is 0 Å². The molecule has 5 nitrogen and oxygen atoms in total. The first-order valence-electron chi connectivity index (χ1n) is 9.90. The van der Waals surface area contributed by atoms with Crippen molar-refractivity contribution in [3.8, 4) is 16.9 Å². The molecule has 1 aliphatic heterocycles. The van der Waals surface area contributed by atoms with Crippen molar-refractivity contribution in [1.82, 2.24) is 14.5 Å². The fourth-order valence-electron chi connectivity index (χ4n) is 3.58. The molecule has 28 heavy (non-hydrogen) atoms. The molecule has 1 aromatic heterocycles. The van der Waals surface area contributed by atoms with Crippen molar-refractivity contribution in [1.29, 1.82) is 0 Å². The first-order valence-corrected chi connectivity index (χ1v) is 9.90. The van der Waals surface area contributed by atoms with Crippen LogP contribution in [0.1, 0.15) is 18.5 Å². The zero-order valence-electron chi connectivity index (χ0n) is 16.3. The van der Waals surface area contributed by atoms with Crippen molar-refractivity contribution < 1.29 is 9.47 Å². The predicted molar refractivity (Wildman–Crippen MR) is 110 cm³/mol. The number of rotatable bonds is 7. The Labute approximate surface area is 166 Å². The third kappa shape index (κ3) is 4.61. The van der Waals surface area contributed by atoms with Gasteiger partial charge in [0.15, 0.2) is 0 Å². The van der Waals surface area contributed by atoms with Crippen LogP contribution in [0.3, 0.4) is 0 Å². The quantitative estimate of drug-likeness (QED) is 0.623. The molecule has 0 saturated carbocycles. The highest BCUT2D eigenvalue weighted by Gasteiger charge is 2.18. The van der Waals surface area contributed by atoms with Gasteiger partial charge in [0.1, 0.15) is 12.4 Å². The molecule has 0 N–H and O–H groups in total. The number of hydrogen-bond acceptors (Lipinski definition) is 4. The summed E-state index contributed by atoms with van der Waals surface area (Å²) in [6.45, 7) is 7.35. The molecule has 1 unspecified atom stereocenters. The van der Waals surface area contributed by atoms with Gasteiger partial charge in [0.2, 0.25) is 0 Å².